The normalized spacial score (nSPS) is 28.9. The highest BCUT2D eigenvalue weighted by Gasteiger charge is 2.27. The molecule has 0 aromatic rings. The summed E-state index contributed by atoms with van der Waals surface area (Å²) in [5.41, 5.74) is 0. The molecule has 0 radical (unpaired) electrons. The summed E-state index contributed by atoms with van der Waals surface area (Å²) < 4.78 is 0. The van der Waals surface area contributed by atoms with Crippen molar-refractivity contribution in [1.29, 1.82) is 0 Å². The molecule has 1 aliphatic rings. The summed E-state index contributed by atoms with van der Waals surface area (Å²) in [6.45, 7) is 11.4. The second-order valence-corrected chi connectivity index (χ2v) is 6.36. The molecular weight excluding hydrogens is 246 g/mol. The molecule has 2 nitrogen and oxygen atoms in total. The van der Waals surface area contributed by atoms with Crippen LogP contribution in [0, 0.1) is 11.8 Å². The largest absolute Gasteiger partial charge is 0.339 e. The lowest BCUT2D eigenvalue weighted by atomic mass is 9.86. The van der Waals surface area contributed by atoms with Gasteiger partial charge in [0.15, 0.2) is 0 Å². The van der Waals surface area contributed by atoms with Crippen molar-refractivity contribution in [3.05, 3.63) is 12.7 Å². The maximum Gasteiger partial charge on any atom is 0.222 e. The quantitative estimate of drug-likeness (QED) is 0.677. The molecule has 0 bridgehead atoms. The maximum absolute atomic E-state index is 12.3. The Balaban J connectivity index is 2.82. The van der Waals surface area contributed by atoms with Gasteiger partial charge in [0.25, 0.3) is 0 Å². The second kappa shape index (κ2) is 9.20. The van der Waals surface area contributed by atoms with E-state index in [1.54, 1.807) is 0 Å². The van der Waals surface area contributed by atoms with Gasteiger partial charge in [0.1, 0.15) is 0 Å². The van der Waals surface area contributed by atoms with Crippen molar-refractivity contribution in [3.8, 4) is 0 Å². The molecule has 0 aromatic carbocycles. The highest BCUT2D eigenvalue weighted by Crippen LogP contribution is 2.27. The number of hydrogen-bond donors (Lipinski definition) is 0. The fraction of sp³-hybridized carbons (Fsp3) is 0.833. The number of carbonyl (C=O) groups excluding carboxylic acids is 1. The van der Waals surface area contributed by atoms with Gasteiger partial charge in [-0.3, -0.25) is 4.79 Å². The predicted octanol–water partition coefficient (Wildman–Crippen LogP) is 4.80. The van der Waals surface area contributed by atoms with Crippen molar-refractivity contribution in [3.63, 3.8) is 0 Å². The molecule has 1 rings (SSSR count). The van der Waals surface area contributed by atoms with E-state index in [0.29, 0.717) is 24.3 Å². The van der Waals surface area contributed by atoms with Gasteiger partial charge < -0.3 is 4.90 Å². The fourth-order valence-electron chi connectivity index (χ4n) is 3.54. The third-order valence-corrected chi connectivity index (χ3v) is 4.95. The SMILES string of the molecule is C=CC[C@H]1[C@H](C)CCC[C@H](CC)CCCN1C(=O)CC. The molecule has 0 unspecified atom stereocenters. The first-order chi connectivity index (χ1) is 9.63. The van der Waals surface area contributed by atoms with E-state index < -0.39 is 0 Å². The average molecular weight is 279 g/mol. The Morgan fingerprint density at radius 1 is 1.25 bits per heavy atom. The Labute approximate surface area is 125 Å². The van der Waals surface area contributed by atoms with E-state index in [-0.39, 0.29) is 0 Å². The Kier molecular flexibility index (Phi) is 7.94. The van der Waals surface area contributed by atoms with Gasteiger partial charge in [-0.1, -0.05) is 46.1 Å². The summed E-state index contributed by atoms with van der Waals surface area (Å²) in [6.07, 6.45) is 11.2. The summed E-state index contributed by atoms with van der Waals surface area (Å²) >= 11 is 0. The van der Waals surface area contributed by atoms with Crippen molar-refractivity contribution in [2.75, 3.05) is 6.54 Å². The van der Waals surface area contributed by atoms with Crippen molar-refractivity contribution in [2.45, 2.75) is 78.2 Å². The highest BCUT2D eigenvalue weighted by atomic mass is 16.2. The van der Waals surface area contributed by atoms with Crippen LogP contribution in [0.1, 0.15) is 72.1 Å². The molecule has 2 heteroatoms. The fourth-order valence-corrected chi connectivity index (χ4v) is 3.54. The molecule has 116 valence electrons. The molecule has 0 spiro atoms. The van der Waals surface area contributed by atoms with Crippen LogP contribution >= 0.6 is 0 Å². The Morgan fingerprint density at radius 3 is 2.55 bits per heavy atom. The smallest absolute Gasteiger partial charge is 0.222 e. The summed E-state index contributed by atoms with van der Waals surface area (Å²) in [5, 5.41) is 0. The summed E-state index contributed by atoms with van der Waals surface area (Å²) in [5.74, 6) is 1.76. The van der Waals surface area contributed by atoms with Crippen LogP contribution in [0.4, 0.5) is 0 Å². The molecule has 1 heterocycles. The zero-order valence-corrected chi connectivity index (χ0v) is 13.7. The highest BCUT2D eigenvalue weighted by molar-refractivity contribution is 5.76. The molecule has 0 N–H and O–H groups in total. The van der Waals surface area contributed by atoms with Gasteiger partial charge in [0.2, 0.25) is 5.91 Å². The Bertz CT molecular complexity index is 300. The second-order valence-electron chi connectivity index (χ2n) is 6.36. The van der Waals surface area contributed by atoms with Crippen LogP contribution in [0.25, 0.3) is 0 Å². The minimum absolute atomic E-state index is 0.317. The topological polar surface area (TPSA) is 20.3 Å². The van der Waals surface area contributed by atoms with Crippen LogP contribution in [-0.2, 0) is 4.79 Å². The molecular formula is C18H33NO. The summed E-state index contributed by atoms with van der Waals surface area (Å²) in [6, 6.07) is 0.359. The van der Waals surface area contributed by atoms with Crippen LogP contribution in [0.15, 0.2) is 12.7 Å². The number of rotatable bonds is 4. The van der Waals surface area contributed by atoms with Crippen LogP contribution in [-0.4, -0.2) is 23.4 Å². The molecule has 0 saturated carbocycles. The van der Waals surface area contributed by atoms with Gasteiger partial charge in [-0.25, -0.2) is 0 Å². The van der Waals surface area contributed by atoms with Crippen LogP contribution in [0.2, 0.25) is 0 Å². The van der Waals surface area contributed by atoms with E-state index in [0.717, 1.165) is 25.3 Å². The van der Waals surface area contributed by atoms with E-state index in [2.05, 4.69) is 25.3 Å². The van der Waals surface area contributed by atoms with Crippen LogP contribution in [0.3, 0.4) is 0 Å². The molecule has 1 amide bonds. The lowest BCUT2D eigenvalue weighted by molar-refractivity contribution is -0.134. The summed E-state index contributed by atoms with van der Waals surface area (Å²) in [4.78, 5) is 14.5. The lowest BCUT2D eigenvalue weighted by Gasteiger charge is -2.37. The van der Waals surface area contributed by atoms with Gasteiger partial charge in [0.05, 0.1) is 0 Å². The van der Waals surface area contributed by atoms with Gasteiger partial charge in [-0.05, 0) is 37.5 Å². The standard InChI is InChI=1S/C18H33NO/c1-5-10-17-15(4)11-8-12-16(6-2)13-9-14-19(17)18(20)7-3/h5,15-17H,1,6-14H2,2-4H3/t15-,16+,17+/m1/s1. The van der Waals surface area contributed by atoms with Crippen LogP contribution in [0.5, 0.6) is 0 Å². The Morgan fingerprint density at radius 2 is 1.95 bits per heavy atom. The van der Waals surface area contributed by atoms with Gasteiger partial charge >= 0.3 is 0 Å². The van der Waals surface area contributed by atoms with Crippen molar-refractivity contribution >= 4 is 5.91 Å². The number of carbonyl (C=O) groups is 1. The average Bonchev–Trinajstić information content (AvgIpc) is 2.46. The summed E-state index contributed by atoms with van der Waals surface area (Å²) in [7, 11) is 0. The Hall–Kier alpha value is -0.790. The third kappa shape index (κ3) is 4.96. The molecule has 0 aliphatic carbocycles. The van der Waals surface area contributed by atoms with Gasteiger partial charge in [-0.2, -0.15) is 0 Å². The molecule has 1 fully saturated rings. The van der Waals surface area contributed by atoms with E-state index in [1.165, 1.54) is 32.1 Å². The van der Waals surface area contributed by atoms with Crippen molar-refractivity contribution < 1.29 is 4.79 Å². The van der Waals surface area contributed by atoms with E-state index >= 15 is 0 Å². The zero-order valence-electron chi connectivity index (χ0n) is 13.7. The molecule has 20 heavy (non-hydrogen) atoms. The van der Waals surface area contributed by atoms with E-state index in [9.17, 15) is 4.79 Å². The minimum atomic E-state index is 0.317. The first kappa shape index (κ1) is 17.3. The van der Waals surface area contributed by atoms with Gasteiger partial charge in [0, 0.05) is 19.0 Å². The van der Waals surface area contributed by atoms with Crippen LogP contribution < -0.4 is 0 Å². The predicted molar refractivity (Wildman–Crippen MR) is 86.6 cm³/mol. The minimum Gasteiger partial charge on any atom is -0.339 e. The first-order valence-electron chi connectivity index (χ1n) is 8.54. The maximum atomic E-state index is 12.3. The number of nitrogens with zero attached hydrogens (tertiary/aromatic N) is 1. The van der Waals surface area contributed by atoms with E-state index in [4.69, 9.17) is 0 Å². The van der Waals surface area contributed by atoms with Crippen molar-refractivity contribution in [2.24, 2.45) is 11.8 Å². The zero-order chi connectivity index (χ0) is 15.0. The first-order valence-corrected chi connectivity index (χ1v) is 8.54. The molecule has 1 saturated heterocycles. The van der Waals surface area contributed by atoms with Crippen molar-refractivity contribution in [1.82, 2.24) is 4.90 Å². The third-order valence-electron chi connectivity index (χ3n) is 4.95. The monoisotopic (exact) mass is 279 g/mol. The number of amides is 1. The number of hydrogen-bond acceptors (Lipinski definition) is 1. The van der Waals surface area contributed by atoms with E-state index in [1.807, 2.05) is 13.0 Å². The molecule has 0 aromatic heterocycles. The molecule has 1 aliphatic heterocycles. The molecule has 3 atom stereocenters. The van der Waals surface area contributed by atoms with Gasteiger partial charge in [-0.15, -0.1) is 6.58 Å². The lowest BCUT2D eigenvalue weighted by Crippen LogP contribution is -2.44.